The predicted molar refractivity (Wildman–Crippen MR) is 60.3 cm³/mol. The zero-order chi connectivity index (χ0) is 11.3. The molecule has 1 heterocycles. The fourth-order valence-electron chi connectivity index (χ4n) is 1.24. The molecule has 0 N–H and O–H groups in total. The minimum Gasteiger partial charge on any atom is -0.300 e. The molecule has 0 spiro atoms. The maximum absolute atomic E-state index is 11.6. The van der Waals surface area contributed by atoms with E-state index in [2.05, 4.69) is 4.98 Å². The monoisotopic (exact) mass is 225 g/mol. The lowest BCUT2D eigenvalue weighted by atomic mass is 10.1. The summed E-state index contributed by atoms with van der Waals surface area (Å²) in [6, 6.07) is 0. The molecule has 0 aromatic carbocycles. The van der Waals surface area contributed by atoms with Crippen LogP contribution < -0.4 is 0 Å². The van der Waals surface area contributed by atoms with Crippen LogP contribution >= 0.6 is 11.3 Å². The lowest BCUT2D eigenvalue weighted by Gasteiger charge is -1.96. The highest BCUT2D eigenvalue weighted by Gasteiger charge is 2.09. The minimum absolute atomic E-state index is 0.101. The van der Waals surface area contributed by atoms with Crippen LogP contribution in [0.4, 0.5) is 0 Å². The van der Waals surface area contributed by atoms with Gasteiger partial charge in [-0.2, -0.15) is 0 Å². The van der Waals surface area contributed by atoms with Gasteiger partial charge in [0.2, 0.25) is 0 Å². The maximum atomic E-state index is 11.6. The van der Waals surface area contributed by atoms with Crippen molar-refractivity contribution >= 4 is 22.9 Å². The van der Waals surface area contributed by atoms with E-state index in [0.717, 1.165) is 5.01 Å². The number of aryl methyl sites for hydroxylation is 1. The molecular weight excluding hydrogens is 210 g/mol. The van der Waals surface area contributed by atoms with Crippen molar-refractivity contribution < 1.29 is 9.59 Å². The van der Waals surface area contributed by atoms with Crippen LogP contribution in [0, 0.1) is 6.92 Å². The van der Waals surface area contributed by atoms with Crippen molar-refractivity contribution in [1.29, 1.82) is 0 Å². The molecule has 1 aromatic heterocycles. The van der Waals surface area contributed by atoms with E-state index < -0.39 is 0 Å². The quantitative estimate of drug-likeness (QED) is 0.699. The Bertz CT molecular complexity index is 357. The Morgan fingerprint density at radius 3 is 2.67 bits per heavy atom. The van der Waals surface area contributed by atoms with Crippen LogP contribution in [-0.4, -0.2) is 16.6 Å². The van der Waals surface area contributed by atoms with Crippen LogP contribution in [0.25, 0.3) is 0 Å². The summed E-state index contributed by atoms with van der Waals surface area (Å²) in [5.74, 6) is 0.327. The highest BCUT2D eigenvalue weighted by molar-refractivity contribution is 7.13. The summed E-state index contributed by atoms with van der Waals surface area (Å²) in [6.07, 6.45) is 3.80. The molecule has 0 saturated carbocycles. The number of ketones is 2. The maximum Gasteiger partial charge on any atom is 0.174 e. The molecule has 4 heteroatoms. The molecular formula is C11H15NO2S. The molecule has 0 unspecified atom stereocenters. The van der Waals surface area contributed by atoms with Gasteiger partial charge in [0.25, 0.3) is 0 Å². The second-order valence-corrected chi connectivity index (χ2v) is 4.65. The fraction of sp³-hybridized carbons (Fsp3) is 0.545. The molecule has 1 aromatic rings. The third kappa shape index (κ3) is 3.91. The standard InChI is InChI=1S/C11H15NO2S/c1-3-9(13)5-4-6-10(14)11-7-12-8(2)15-11/h7H,3-6H2,1-2H3. The number of carbonyl (C=O) groups is 2. The third-order valence-electron chi connectivity index (χ3n) is 2.15. The first-order chi connectivity index (χ1) is 7.13. The van der Waals surface area contributed by atoms with Crippen LogP contribution in [0.15, 0.2) is 6.20 Å². The smallest absolute Gasteiger partial charge is 0.174 e. The fourth-order valence-corrected chi connectivity index (χ4v) is 1.98. The van der Waals surface area contributed by atoms with E-state index >= 15 is 0 Å². The number of nitrogens with zero attached hydrogens (tertiary/aromatic N) is 1. The Kier molecular flexibility index (Phi) is 4.62. The van der Waals surface area contributed by atoms with E-state index in [1.165, 1.54) is 11.3 Å². The van der Waals surface area contributed by atoms with Gasteiger partial charge in [0.1, 0.15) is 5.78 Å². The Hall–Kier alpha value is -1.03. The lowest BCUT2D eigenvalue weighted by Crippen LogP contribution is -2.00. The average Bonchev–Trinajstić information content (AvgIpc) is 2.64. The molecule has 0 saturated heterocycles. The van der Waals surface area contributed by atoms with Crippen LogP contribution in [-0.2, 0) is 4.79 Å². The average molecular weight is 225 g/mol. The topological polar surface area (TPSA) is 47.0 Å². The predicted octanol–water partition coefficient (Wildman–Crippen LogP) is 2.78. The molecule has 1 rings (SSSR count). The number of thiazole rings is 1. The zero-order valence-electron chi connectivity index (χ0n) is 9.08. The van der Waals surface area contributed by atoms with Crippen LogP contribution in [0.1, 0.15) is 47.3 Å². The summed E-state index contributed by atoms with van der Waals surface area (Å²) in [5, 5.41) is 0.906. The van der Waals surface area contributed by atoms with Gasteiger partial charge in [0.05, 0.1) is 9.88 Å². The summed E-state index contributed by atoms with van der Waals surface area (Å²) in [4.78, 5) is 27.3. The van der Waals surface area contributed by atoms with E-state index in [9.17, 15) is 9.59 Å². The van der Waals surface area contributed by atoms with E-state index in [1.54, 1.807) is 6.20 Å². The number of hydrogen-bond donors (Lipinski definition) is 0. The zero-order valence-corrected chi connectivity index (χ0v) is 9.89. The van der Waals surface area contributed by atoms with Gasteiger partial charge in [-0.3, -0.25) is 9.59 Å². The summed E-state index contributed by atoms with van der Waals surface area (Å²) in [6.45, 7) is 3.72. The molecule has 0 aliphatic carbocycles. The molecule has 0 amide bonds. The number of aromatic nitrogens is 1. The van der Waals surface area contributed by atoms with Crippen molar-refractivity contribution in [3.05, 3.63) is 16.1 Å². The first kappa shape index (κ1) is 12.0. The van der Waals surface area contributed by atoms with Gasteiger partial charge in [0, 0.05) is 25.5 Å². The van der Waals surface area contributed by atoms with Gasteiger partial charge in [-0.25, -0.2) is 4.98 Å². The van der Waals surface area contributed by atoms with Gasteiger partial charge in [-0.05, 0) is 13.3 Å². The number of Topliss-reactive ketones (excluding diaryl/α,β-unsaturated/α-hetero) is 2. The molecule has 0 aliphatic heterocycles. The van der Waals surface area contributed by atoms with Crippen LogP contribution in [0.2, 0.25) is 0 Å². The van der Waals surface area contributed by atoms with Gasteiger partial charge in [-0.15, -0.1) is 11.3 Å². The Morgan fingerprint density at radius 2 is 2.13 bits per heavy atom. The second kappa shape index (κ2) is 5.75. The second-order valence-electron chi connectivity index (χ2n) is 3.41. The van der Waals surface area contributed by atoms with Gasteiger partial charge < -0.3 is 0 Å². The number of carbonyl (C=O) groups excluding carboxylic acids is 2. The lowest BCUT2D eigenvalue weighted by molar-refractivity contribution is -0.118. The molecule has 0 fully saturated rings. The van der Waals surface area contributed by atoms with E-state index in [-0.39, 0.29) is 11.6 Å². The molecule has 15 heavy (non-hydrogen) atoms. The SMILES string of the molecule is CCC(=O)CCCC(=O)c1cnc(C)s1. The summed E-state index contributed by atoms with van der Waals surface area (Å²) in [5.41, 5.74) is 0. The van der Waals surface area contributed by atoms with E-state index in [4.69, 9.17) is 0 Å². The molecule has 3 nitrogen and oxygen atoms in total. The molecule has 0 radical (unpaired) electrons. The first-order valence-corrected chi connectivity index (χ1v) is 5.92. The van der Waals surface area contributed by atoms with Crippen molar-refractivity contribution in [3.8, 4) is 0 Å². The minimum atomic E-state index is 0.101. The van der Waals surface area contributed by atoms with Crippen molar-refractivity contribution in [1.82, 2.24) is 4.98 Å². The Morgan fingerprint density at radius 1 is 1.40 bits per heavy atom. The van der Waals surface area contributed by atoms with Crippen LogP contribution in [0.3, 0.4) is 0 Å². The van der Waals surface area contributed by atoms with Gasteiger partial charge in [0.15, 0.2) is 5.78 Å². The van der Waals surface area contributed by atoms with Gasteiger partial charge >= 0.3 is 0 Å². The summed E-state index contributed by atoms with van der Waals surface area (Å²) in [7, 11) is 0. The van der Waals surface area contributed by atoms with Crippen molar-refractivity contribution in [2.45, 2.75) is 39.5 Å². The first-order valence-electron chi connectivity index (χ1n) is 5.10. The Labute approximate surface area is 93.5 Å². The van der Waals surface area contributed by atoms with Gasteiger partial charge in [-0.1, -0.05) is 6.92 Å². The van der Waals surface area contributed by atoms with Crippen molar-refractivity contribution in [3.63, 3.8) is 0 Å². The number of rotatable bonds is 6. The van der Waals surface area contributed by atoms with E-state index in [0.29, 0.717) is 30.6 Å². The number of hydrogen-bond acceptors (Lipinski definition) is 4. The highest BCUT2D eigenvalue weighted by Crippen LogP contribution is 2.15. The van der Waals surface area contributed by atoms with Crippen molar-refractivity contribution in [2.24, 2.45) is 0 Å². The highest BCUT2D eigenvalue weighted by atomic mass is 32.1. The molecule has 0 bridgehead atoms. The normalized spacial score (nSPS) is 10.3. The summed E-state index contributed by atoms with van der Waals surface area (Å²) < 4.78 is 0. The third-order valence-corrected chi connectivity index (χ3v) is 3.10. The largest absolute Gasteiger partial charge is 0.300 e. The molecule has 0 aliphatic rings. The molecule has 0 atom stereocenters. The summed E-state index contributed by atoms with van der Waals surface area (Å²) >= 11 is 1.41. The molecule has 82 valence electrons. The van der Waals surface area contributed by atoms with Crippen LogP contribution in [0.5, 0.6) is 0 Å². The van der Waals surface area contributed by atoms with E-state index in [1.807, 2.05) is 13.8 Å². The Balaban J connectivity index is 2.34. The van der Waals surface area contributed by atoms with Crippen molar-refractivity contribution in [2.75, 3.05) is 0 Å².